The molecule has 0 aliphatic carbocycles. The average Bonchev–Trinajstić information content (AvgIpc) is 2.40. The first-order valence-electron chi connectivity index (χ1n) is 5.50. The van der Waals surface area contributed by atoms with Crippen LogP contribution in [0.25, 0.3) is 0 Å². The number of hydrogen-bond acceptors (Lipinski definition) is 4. The summed E-state index contributed by atoms with van der Waals surface area (Å²) in [6.45, 7) is 7.65. The lowest BCUT2D eigenvalue weighted by Crippen LogP contribution is -2.41. The summed E-state index contributed by atoms with van der Waals surface area (Å²) in [5, 5.41) is 0. The minimum atomic E-state index is -0.745. The van der Waals surface area contributed by atoms with Gasteiger partial charge in [-0.25, -0.2) is 9.37 Å². The van der Waals surface area contributed by atoms with Crippen molar-refractivity contribution in [3.05, 3.63) is 18.1 Å². The number of nitrogen functional groups attached to an aromatic ring is 1. The van der Waals surface area contributed by atoms with Gasteiger partial charge in [0, 0.05) is 11.7 Å². The van der Waals surface area contributed by atoms with Gasteiger partial charge in [-0.1, -0.05) is 0 Å². The monoisotopic (exact) mass is 238 g/mol. The molecule has 1 aromatic heterocycles. The van der Waals surface area contributed by atoms with Crippen molar-refractivity contribution in [3.8, 4) is 0 Å². The van der Waals surface area contributed by atoms with Crippen LogP contribution in [0.15, 0.2) is 12.3 Å². The van der Waals surface area contributed by atoms with Gasteiger partial charge in [0.15, 0.2) is 11.6 Å². The Bertz CT molecular complexity index is 435. The molecule has 6 heteroatoms. The van der Waals surface area contributed by atoms with E-state index in [0.717, 1.165) is 0 Å². The number of pyridine rings is 1. The van der Waals surface area contributed by atoms with Crippen molar-refractivity contribution in [3.63, 3.8) is 0 Å². The highest BCUT2D eigenvalue weighted by atomic mass is 19.1. The van der Waals surface area contributed by atoms with Crippen LogP contribution in [-0.2, 0) is 9.31 Å². The Labute approximate surface area is 100 Å². The van der Waals surface area contributed by atoms with Crippen LogP contribution in [-0.4, -0.2) is 23.3 Å². The number of aromatic nitrogens is 1. The van der Waals surface area contributed by atoms with E-state index in [1.165, 1.54) is 12.3 Å². The fourth-order valence-electron chi connectivity index (χ4n) is 1.63. The van der Waals surface area contributed by atoms with Crippen LogP contribution in [0.2, 0.25) is 0 Å². The summed E-state index contributed by atoms with van der Waals surface area (Å²) in [7, 11) is -0.745. The first-order chi connectivity index (χ1) is 7.74. The molecule has 17 heavy (non-hydrogen) atoms. The van der Waals surface area contributed by atoms with Crippen LogP contribution in [0.3, 0.4) is 0 Å². The Morgan fingerprint density at radius 3 is 2.29 bits per heavy atom. The van der Waals surface area contributed by atoms with E-state index in [4.69, 9.17) is 15.0 Å². The van der Waals surface area contributed by atoms with Gasteiger partial charge in [0.2, 0.25) is 0 Å². The Hall–Kier alpha value is -1.14. The topological polar surface area (TPSA) is 57.4 Å². The van der Waals surface area contributed by atoms with Crippen LogP contribution in [0.4, 0.5) is 10.2 Å². The van der Waals surface area contributed by atoms with E-state index in [9.17, 15) is 4.39 Å². The van der Waals surface area contributed by atoms with Crippen LogP contribution in [0, 0.1) is 5.82 Å². The zero-order valence-corrected chi connectivity index (χ0v) is 10.5. The molecule has 0 radical (unpaired) electrons. The number of halogens is 1. The lowest BCUT2D eigenvalue weighted by Gasteiger charge is -2.32. The zero-order valence-electron chi connectivity index (χ0n) is 10.5. The Morgan fingerprint density at radius 1 is 1.24 bits per heavy atom. The minimum Gasteiger partial charge on any atom is -0.399 e. The summed E-state index contributed by atoms with van der Waals surface area (Å²) in [6, 6.07) is 1.52. The number of rotatable bonds is 1. The molecule has 1 aliphatic rings. The van der Waals surface area contributed by atoms with Gasteiger partial charge in [0.1, 0.15) is 0 Å². The highest BCUT2D eigenvalue weighted by Crippen LogP contribution is 2.36. The van der Waals surface area contributed by atoms with Gasteiger partial charge in [0.05, 0.1) is 11.2 Å². The second-order valence-electron chi connectivity index (χ2n) is 5.19. The zero-order chi connectivity index (χ0) is 12.8. The van der Waals surface area contributed by atoms with Gasteiger partial charge in [-0.2, -0.15) is 0 Å². The van der Waals surface area contributed by atoms with Crippen molar-refractivity contribution in [2.75, 3.05) is 5.73 Å². The van der Waals surface area contributed by atoms with Crippen molar-refractivity contribution in [2.24, 2.45) is 0 Å². The molecule has 0 amide bonds. The molecule has 4 nitrogen and oxygen atoms in total. The van der Waals surface area contributed by atoms with Gasteiger partial charge in [-0.3, -0.25) is 0 Å². The second kappa shape index (κ2) is 3.68. The third kappa shape index (κ3) is 1.91. The third-order valence-electron chi connectivity index (χ3n) is 3.45. The van der Waals surface area contributed by atoms with Crippen LogP contribution in [0.5, 0.6) is 0 Å². The molecule has 1 aliphatic heterocycles. The van der Waals surface area contributed by atoms with E-state index in [2.05, 4.69) is 4.98 Å². The Balaban J connectivity index is 2.36. The summed E-state index contributed by atoms with van der Waals surface area (Å²) in [6.07, 6.45) is 1.44. The first-order valence-corrected chi connectivity index (χ1v) is 5.50. The average molecular weight is 238 g/mol. The van der Waals surface area contributed by atoms with E-state index in [0.29, 0.717) is 0 Å². The Morgan fingerprint density at radius 2 is 1.76 bits per heavy atom. The van der Waals surface area contributed by atoms with Gasteiger partial charge in [0.25, 0.3) is 0 Å². The van der Waals surface area contributed by atoms with Crippen molar-refractivity contribution >= 4 is 18.4 Å². The number of nitrogens with two attached hydrogens (primary N) is 1. The van der Waals surface area contributed by atoms with Gasteiger partial charge >= 0.3 is 7.12 Å². The number of anilines is 1. The van der Waals surface area contributed by atoms with Crippen molar-refractivity contribution in [1.29, 1.82) is 0 Å². The molecule has 0 unspecified atom stereocenters. The predicted octanol–water partition coefficient (Wildman–Crippen LogP) is 1.10. The molecular formula is C11H16BFN2O2. The quantitative estimate of drug-likeness (QED) is 0.744. The maximum Gasteiger partial charge on any atom is 0.498 e. The molecule has 0 saturated carbocycles. The molecule has 0 aromatic carbocycles. The minimum absolute atomic E-state index is 0.141. The van der Waals surface area contributed by atoms with Gasteiger partial charge in [-0.05, 0) is 33.8 Å². The highest BCUT2D eigenvalue weighted by Gasteiger charge is 2.52. The summed E-state index contributed by atoms with van der Waals surface area (Å²) in [4.78, 5) is 3.68. The summed E-state index contributed by atoms with van der Waals surface area (Å²) >= 11 is 0. The van der Waals surface area contributed by atoms with E-state index < -0.39 is 24.1 Å². The SMILES string of the molecule is CC1(C)OB(c2ccnc(N)c2F)OC1(C)C. The maximum atomic E-state index is 13.8. The lowest BCUT2D eigenvalue weighted by atomic mass is 9.79. The standard InChI is InChI=1S/C11H16BFN2O2/c1-10(2)11(3,4)17-12(16-10)7-5-6-15-9(14)8(7)13/h5-6H,1-4H3,(H2,14,15). The van der Waals surface area contributed by atoms with Crippen LogP contribution < -0.4 is 11.2 Å². The van der Waals surface area contributed by atoms with E-state index >= 15 is 0 Å². The van der Waals surface area contributed by atoms with Gasteiger partial charge in [-0.15, -0.1) is 0 Å². The summed E-state index contributed by atoms with van der Waals surface area (Å²) in [5.74, 6) is -0.719. The van der Waals surface area contributed by atoms with Crippen molar-refractivity contribution in [2.45, 2.75) is 38.9 Å². The largest absolute Gasteiger partial charge is 0.498 e. The highest BCUT2D eigenvalue weighted by molar-refractivity contribution is 6.62. The number of hydrogen-bond donors (Lipinski definition) is 1. The lowest BCUT2D eigenvalue weighted by molar-refractivity contribution is 0.00578. The maximum absolute atomic E-state index is 13.8. The molecule has 1 saturated heterocycles. The molecular weight excluding hydrogens is 222 g/mol. The van der Waals surface area contributed by atoms with Crippen LogP contribution >= 0.6 is 0 Å². The fourth-order valence-corrected chi connectivity index (χ4v) is 1.63. The fraction of sp³-hybridized carbons (Fsp3) is 0.545. The molecule has 92 valence electrons. The van der Waals surface area contributed by atoms with Crippen LogP contribution in [0.1, 0.15) is 27.7 Å². The smallest absolute Gasteiger partial charge is 0.399 e. The molecule has 1 fully saturated rings. The third-order valence-corrected chi connectivity index (χ3v) is 3.45. The van der Waals surface area contributed by atoms with Crippen molar-refractivity contribution in [1.82, 2.24) is 4.98 Å². The van der Waals surface area contributed by atoms with Crippen molar-refractivity contribution < 1.29 is 13.7 Å². The predicted molar refractivity (Wildman–Crippen MR) is 64.3 cm³/mol. The second-order valence-corrected chi connectivity index (χ2v) is 5.19. The number of nitrogens with zero attached hydrogens (tertiary/aromatic N) is 1. The molecule has 0 bridgehead atoms. The molecule has 2 N–H and O–H groups in total. The van der Waals surface area contributed by atoms with E-state index in [1.807, 2.05) is 27.7 Å². The normalized spacial score (nSPS) is 21.8. The van der Waals surface area contributed by atoms with E-state index in [1.54, 1.807) is 0 Å². The summed E-state index contributed by atoms with van der Waals surface area (Å²) in [5.41, 5.74) is 4.72. The molecule has 1 aromatic rings. The molecule has 0 atom stereocenters. The summed E-state index contributed by atoms with van der Waals surface area (Å²) < 4.78 is 25.3. The molecule has 0 spiro atoms. The van der Waals surface area contributed by atoms with E-state index in [-0.39, 0.29) is 11.3 Å². The molecule has 2 rings (SSSR count). The van der Waals surface area contributed by atoms with Gasteiger partial charge < -0.3 is 15.0 Å². The molecule has 2 heterocycles. The Kier molecular flexibility index (Phi) is 2.67. The first kappa shape index (κ1) is 12.3.